The molecule has 104 valence electrons. The third kappa shape index (κ3) is 5.67. The molecule has 1 rings (SSSR count). The molecule has 0 bridgehead atoms. The van der Waals surface area contributed by atoms with Crippen LogP contribution in [0.4, 0.5) is 0 Å². The number of rotatable bonds is 6. The van der Waals surface area contributed by atoms with Crippen LogP contribution in [0.2, 0.25) is 0 Å². The summed E-state index contributed by atoms with van der Waals surface area (Å²) in [5.41, 5.74) is -0.678. The van der Waals surface area contributed by atoms with Crippen LogP contribution in [0.5, 0.6) is 0 Å². The maximum Gasteiger partial charge on any atom is 0.302 e. The maximum atomic E-state index is 10.6. The van der Waals surface area contributed by atoms with E-state index in [9.17, 15) is 9.90 Å². The van der Waals surface area contributed by atoms with Gasteiger partial charge in [0, 0.05) is 6.92 Å². The van der Waals surface area contributed by atoms with Crippen LogP contribution in [-0.4, -0.2) is 23.3 Å². The zero-order valence-electron chi connectivity index (χ0n) is 11.7. The first-order chi connectivity index (χ1) is 8.56. The van der Waals surface area contributed by atoms with Crippen molar-refractivity contribution in [1.82, 2.24) is 0 Å². The number of carbonyl (C=O) groups is 1. The van der Waals surface area contributed by atoms with Crippen molar-refractivity contribution in [2.75, 3.05) is 6.61 Å². The lowest BCUT2D eigenvalue weighted by Gasteiger charge is -2.34. The van der Waals surface area contributed by atoms with E-state index in [-0.39, 0.29) is 12.6 Å². The van der Waals surface area contributed by atoms with Crippen LogP contribution in [0, 0.1) is 5.92 Å². The predicted octanol–water partition coefficient (Wildman–Crippen LogP) is 3.22. The minimum atomic E-state index is -0.678. The molecule has 0 aliphatic heterocycles. The molecule has 0 heterocycles. The van der Waals surface area contributed by atoms with Gasteiger partial charge in [-0.15, -0.1) is 0 Å². The predicted molar refractivity (Wildman–Crippen MR) is 72.2 cm³/mol. The summed E-state index contributed by atoms with van der Waals surface area (Å²) in [7, 11) is 0. The molecular formula is C15H26O3. The molecule has 1 aliphatic carbocycles. The van der Waals surface area contributed by atoms with E-state index in [4.69, 9.17) is 4.74 Å². The highest BCUT2D eigenvalue weighted by Gasteiger charge is 2.30. The molecule has 0 amide bonds. The fourth-order valence-electron chi connectivity index (χ4n) is 2.56. The van der Waals surface area contributed by atoms with Crippen LogP contribution in [0.25, 0.3) is 0 Å². The SMILES string of the molecule is CCCCC1CCC(O)(C=CCOC(C)=O)CC1. The summed E-state index contributed by atoms with van der Waals surface area (Å²) in [4.78, 5) is 10.6. The Hall–Kier alpha value is -0.830. The lowest BCUT2D eigenvalue weighted by molar-refractivity contribution is -0.139. The number of unbranched alkanes of at least 4 members (excludes halogenated alkanes) is 1. The number of esters is 1. The quantitative estimate of drug-likeness (QED) is 0.585. The van der Waals surface area contributed by atoms with Crippen molar-refractivity contribution < 1.29 is 14.6 Å². The van der Waals surface area contributed by atoms with Crippen molar-refractivity contribution in [2.24, 2.45) is 5.92 Å². The van der Waals surface area contributed by atoms with Crippen LogP contribution in [0.3, 0.4) is 0 Å². The molecule has 1 aliphatic rings. The van der Waals surface area contributed by atoms with Gasteiger partial charge in [-0.05, 0) is 37.7 Å². The molecule has 18 heavy (non-hydrogen) atoms. The molecule has 3 nitrogen and oxygen atoms in total. The molecule has 0 aromatic heterocycles. The normalized spacial score (nSPS) is 28.5. The Bertz CT molecular complexity index is 275. The lowest BCUT2D eigenvalue weighted by Crippen LogP contribution is -2.32. The molecule has 0 aromatic carbocycles. The Kier molecular flexibility index (Phi) is 6.41. The fraction of sp³-hybridized carbons (Fsp3) is 0.800. The fourth-order valence-corrected chi connectivity index (χ4v) is 2.56. The Morgan fingerprint density at radius 1 is 1.44 bits per heavy atom. The number of hydrogen-bond donors (Lipinski definition) is 1. The minimum absolute atomic E-state index is 0.261. The van der Waals surface area contributed by atoms with Crippen molar-refractivity contribution in [2.45, 2.75) is 64.4 Å². The molecule has 1 N–H and O–H groups in total. The highest BCUT2D eigenvalue weighted by molar-refractivity contribution is 5.65. The third-order valence-corrected chi connectivity index (χ3v) is 3.75. The summed E-state index contributed by atoms with van der Waals surface area (Å²) in [5, 5.41) is 10.4. The van der Waals surface area contributed by atoms with E-state index in [1.165, 1.54) is 26.2 Å². The minimum Gasteiger partial charge on any atom is -0.462 e. The van der Waals surface area contributed by atoms with Gasteiger partial charge in [0.1, 0.15) is 6.61 Å². The van der Waals surface area contributed by atoms with Gasteiger partial charge >= 0.3 is 5.97 Å². The summed E-state index contributed by atoms with van der Waals surface area (Å²) in [6.45, 7) is 3.87. The summed E-state index contributed by atoms with van der Waals surface area (Å²) in [6, 6.07) is 0. The zero-order valence-corrected chi connectivity index (χ0v) is 11.7. The Morgan fingerprint density at radius 2 is 2.11 bits per heavy atom. The van der Waals surface area contributed by atoms with E-state index < -0.39 is 5.60 Å². The van der Waals surface area contributed by atoms with Crippen molar-refractivity contribution >= 4 is 5.97 Å². The monoisotopic (exact) mass is 254 g/mol. The Morgan fingerprint density at radius 3 is 2.67 bits per heavy atom. The van der Waals surface area contributed by atoms with Gasteiger partial charge in [-0.1, -0.05) is 32.3 Å². The van der Waals surface area contributed by atoms with Crippen LogP contribution in [-0.2, 0) is 9.53 Å². The first-order valence-corrected chi connectivity index (χ1v) is 7.09. The third-order valence-electron chi connectivity index (χ3n) is 3.75. The van der Waals surface area contributed by atoms with E-state index in [1.807, 2.05) is 6.08 Å². The topological polar surface area (TPSA) is 46.5 Å². The van der Waals surface area contributed by atoms with Crippen molar-refractivity contribution in [3.63, 3.8) is 0 Å². The number of ether oxygens (including phenoxy) is 1. The van der Waals surface area contributed by atoms with Gasteiger partial charge in [0.2, 0.25) is 0 Å². The van der Waals surface area contributed by atoms with E-state index in [2.05, 4.69) is 6.92 Å². The molecule has 0 spiro atoms. The largest absolute Gasteiger partial charge is 0.462 e. The van der Waals surface area contributed by atoms with Gasteiger partial charge in [0.05, 0.1) is 5.60 Å². The van der Waals surface area contributed by atoms with Crippen molar-refractivity contribution in [3.05, 3.63) is 12.2 Å². The van der Waals surface area contributed by atoms with Crippen molar-refractivity contribution in [3.8, 4) is 0 Å². The van der Waals surface area contributed by atoms with Gasteiger partial charge in [-0.3, -0.25) is 4.79 Å². The molecule has 0 unspecified atom stereocenters. The number of carbonyl (C=O) groups excluding carboxylic acids is 1. The average molecular weight is 254 g/mol. The highest BCUT2D eigenvalue weighted by Crippen LogP contribution is 2.35. The zero-order chi connectivity index (χ0) is 13.4. The molecule has 3 heteroatoms. The van der Waals surface area contributed by atoms with E-state index in [0.29, 0.717) is 0 Å². The second-order valence-corrected chi connectivity index (χ2v) is 5.39. The second kappa shape index (κ2) is 7.57. The number of aliphatic hydroxyl groups is 1. The van der Waals surface area contributed by atoms with Crippen LogP contribution in [0.15, 0.2) is 12.2 Å². The summed E-state index contributed by atoms with van der Waals surface area (Å²) >= 11 is 0. The highest BCUT2D eigenvalue weighted by atomic mass is 16.5. The maximum absolute atomic E-state index is 10.6. The molecule has 1 saturated carbocycles. The Labute approximate surface area is 110 Å². The van der Waals surface area contributed by atoms with Gasteiger partial charge in [0.15, 0.2) is 0 Å². The van der Waals surface area contributed by atoms with Gasteiger partial charge in [-0.2, -0.15) is 0 Å². The van der Waals surface area contributed by atoms with E-state index in [0.717, 1.165) is 31.6 Å². The summed E-state index contributed by atoms with van der Waals surface area (Å²) in [6.07, 6.45) is 11.3. The standard InChI is InChI=1S/C15H26O3/c1-3-4-6-14-7-10-15(17,11-8-14)9-5-12-18-13(2)16/h5,9,14,17H,3-4,6-8,10-12H2,1-2H3. The molecule has 1 fully saturated rings. The second-order valence-electron chi connectivity index (χ2n) is 5.39. The first kappa shape index (κ1) is 15.2. The smallest absolute Gasteiger partial charge is 0.302 e. The number of hydrogen-bond acceptors (Lipinski definition) is 3. The van der Waals surface area contributed by atoms with E-state index >= 15 is 0 Å². The Balaban J connectivity index is 2.28. The molecule has 0 saturated heterocycles. The molecule has 0 radical (unpaired) electrons. The van der Waals surface area contributed by atoms with Gasteiger partial charge in [0.25, 0.3) is 0 Å². The lowest BCUT2D eigenvalue weighted by atomic mass is 9.77. The van der Waals surface area contributed by atoms with Crippen LogP contribution >= 0.6 is 0 Å². The van der Waals surface area contributed by atoms with Crippen LogP contribution < -0.4 is 0 Å². The summed E-state index contributed by atoms with van der Waals surface area (Å²) in [5.74, 6) is 0.502. The first-order valence-electron chi connectivity index (χ1n) is 7.09. The van der Waals surface area contributed by atoms with Gasteiger partial charge in [-0.25, -0.2) is 0 Å². The van der Waals surface area contributed by atoms with E-state index in [1.54, 1.807) is 6.08 Å². The van der Waals surface area contributed by atoms with Crippen molar-refractivity contribution in [1.29, 1.82) is 0 Å². The van der Waals surface area contributed by atoms with Gasteiger partial charge < -0.3 is 9.84 Å². The summed E-state index contributed by atoms with van der Waals surface area (Å²) < 4.78 is 4.82. The molecule has 0 aromatic rings. The molecular weight excluding hydrogens is 228 g/mol. The average Bonchev–Trinajstić information content (AvgIpc) is 2.34. The molecule has 0 atom stereocenters. The van der Waals surface area contributed by atoms with Crippen LogP contribution in [0.1, 0.15) is 58.8 Å².